The maximum atomic E-state index is 9.92. The Kier molecular flexibility index (Phi) is 3.94. The van der Waals surface area contributed by atoms with Gasteiger partial charge in [-0.2, -0.15) is 0 Å². The van der Waals surface area contributed by atoms with Gasteiger partial charge in [0, 0.05) is 25.8 Å². The van der Waals surface area contributed by atoms with Crippen molar-refractivity contribution in [3.8, 4) is 0 Å². The lowest BCUT2D eigenvalue weighted by molar-refractivity contribution is -0.00732. The Hall–Kier alpha value is -1.04. The lowest BCUT2D eigenvalue weighted by Gasteiger charge is -2.35. The number of pyridine rings is 1. The fourth-order valence-electron chi connectivity index (χ4n) is 2.22. The standard InChI is InChI=1S/C13H19N3OS/c1-13(17)4-7-16(8-5-13)9-10-3-2-6-15-11(10)12(14)18/h2-3,6,17H,4-5,7-9H2,1H3,(H2,14,18). The maximum Gasteiger partial charge on any atom is 0.123 e. The van der Waals surface area contributed by atoms with E-state index < -0.39 is 5.60 Å². The van der Waals surface area contributed by atoms with Crippen molar-refractivity contribution in [2.24, 2.45) is 5.73 Å². The minimum Gasteiger partial charge on any atom is -0.390 e. The van der Waals surface area contributed by atoms with E-state index in [1.54, 1.807) is 6.20 Å². The average Bonchev–Trinajstić information content (AvgIpc) is 2.32. The zero-order valence-electron chi connectivity index (χ0n) is 10.6. The van der Waals surface area contributed by atoms with Crippen LogP contribution < -0.4 is 5.73 Å². The molecule has 0 radical (unpaired) electrons. The molecule has 18 heavy (non-hydrogen) atoms. The molecule has 1 saturated heterocycles. The summed E-state index contributed by atoms with van der Waals surface area (Å²) in [7, 11) is 0. The second kappa shape index (κ2) is 5.30. The molecular weight excluding hydrogens is 246 g/mol. The van der Waals surface area contributed by atoms with Crippen LogP contribution in [0.25, 0.3) is 0 Å². The third kappa shape index (κ3) is 3.25. The number of rotatable bonds is 3. The van der Waals surface area contributed by atoms with Gasteiger partial charge in [-0.1, -0.05) is 18.3 Å². The first kappa shape index (κ1) is 13.4. The molecule has 1 fully saturated rings. The van der Waals surface area contributed by atoms with Gasteiger partial charge < -0.3 is 10.8 Å². The van der Waals surface area contributed by atoms with Crippen LogP contribution in [-0.4, -0.2) is 38.7 Å². The van der Waals surface area contributed by atoms with Crippen molar-refractivity contribution in [3.05, 3.63) is 29.6 Å². The van der Waals surface area contributed by atoms with Gasteiger partial charge in [-0.3, -0.25) is 9.88 Å². The molecule has 4 nitrogen and oxygen atoms in total. The highest BCUT2D eigenvalue weighted by Gasteiger charge is 2.27. The second-order valence-corrected chi connectivity index (χ2v) is 5.59. The molecule has 0 aromatic carbocycles. The predicted octanol–water partition coefficient (Wildman–Crippen LogP) is 1.06. The number of hydrogen-bond acceptors (Lipinski definition) is 4. The van der Waals surface area contributed by atoms with Gasteiger partial charge >= 0.3 is 0 Å². The van der Waals surface area contributed by atoms with Crippen LogP contribution in [0.4, 0.5) is 0 Å². The first-order chi connectivity index (χ1) is 8.48. The van der Waals surface area contributed by atoms with Crippen LogP contribution in [0, 0.1) is 0 Å². The monoisotopic (exact) mass is 265 g/mol. The SMILES string of the molecule is CC1(O)CCN(Cc2cccnc2C(N)=S)CC1. The van der Waals surface area contributed by atoms with Gasteiger partial charge in [-0.15, -0.1) is 0 Å². The van der Waals surface area contributed by atoms with Gasteiger partial charge in [0.1, 0.15) is 10.7 Å². The number of aromatic nitrogens is 1. The van der Waals surface area contributed by atoms with Crippen molar-refractivity contribution in [2.75, 3.05) is 13.1 Å². The van der Waals surface area contributed by atoms with Gasteiger partial charge in [0.05, 0.1) is 5.60 Å². The Labute approximate surface area is 113 Å². The second-order valence-electron chi connectivity index (χ2n) is 5.15. The molecule has 2 rings (SSSR count). The van der Waals surface area contributed by atoms with E-state index in [1.807, 2.05) is 19.1 Å². The number of hydrogen-bond donors (Lipinski definition) is 2. The quantitative estimate of drug-likeness (QED) is 0.800. The van der Waals surface area contributed by atoms with Crippen molar-refractivity contribution in [1.29, 1.82) is 0 Å². The van der Waals surface area contributed by atoms with Gasteiger partial charge in [-0.25, -0.2) is 0 Å². The third-order valence-corrected chi connectivity index (χ3v) is 3.65. The van der Waals surface area contributed by atoms with Crippen molar-refractivity contribution in [2.45, 2.75) is 31.9 Å². The van der Waals surface area contributed by atoms with E-state index in [9.17, 15) is 5.11 Å². The highest BCUT2D eigenvalue weighted by molar-refractivity contribution is 7.80. The van der Waals surface area contributed by atoms with E-state index in [4.69, 9.17) is 18.0 Å². The molecule has 0 saturated carbocycles. The van der Waals surface area contributed by atoms with Crippen LogP contribution in [0.3, 0.4) is 0 Å². The molecule has 0 spiro atoms. The van der Waals surface area contributed by atoms with E-state index in [2.05, 4.69) is 9.88 Å². The number of likely N-dealkylation sites (tertiary alicyclic amines) is 1. The summed E-state index contributed by atoms with van der Waals surface area (Å²) >= 11 is 5.01. The van der Waals surface area contributed by atoms with Crippen molar-refractivity contribution >= 4 is 17.2 Å². The van der Waals surface area contributed by atoms with Gasteiger partial charge in [-0.05, 0) is 31.4 Å². The molecule has 0 atom stereocenters. The molecule has 3 N–H and O–H groups in total. The van der Waals surface area contributed by atoms with Crippen LogP contribution in [0.5, 0.6) is 0 Å². The topological polar surface area (TPSA) is 62.4 Å². The Balaban J connectivity index is 2.04. The maximum absolute atomic E-state index is 9.92. The van der Waals surface area contributed by atoms with Crippen molar-refractivity contribution in [3.63, 3.8) is 0 Å². The van der Waals surface area contributed by atoms with Crippen LogP contribution in [0.2, 0.25) is 0 Å². The Bertz CT molecular complexity index is 438. The number of nitrogens with zero attached hydrogens (tertiary/aromatic N) is 2. The normalized spacial score (nSPS) is 19.7. The van der Waals surface area contributed by atoms with Gasteiger partial charge in [0.2, 0.25) is 0 Å². The molecular formula is C13H19N3OS. The highest BCUT2D eigenvalue weighted by atomic mass is 32.1. The molecule has 1 aromatic heterocycles. The minimum atomic E-state index is -0.516. The zero-order chi connectivity index (χ0) is 13.2. The molecule has 98 valence electrons. The molecule has 2 heterocycles. The van der Waals surface area contributed by atoms with E-state index in [1.165, 1.54) is 0 Å². The summed E-state index contributed by atoms with van der Waals surface area (Å²) in [6.07, 6.45) is 3.31. The molecule has 0 aliphatic carbocycles. The lowest BCUT2D eigenvalue weighted by Crippen LogP contribution is -2.42. The molecule has 1 aliphatic rings. The van der Waals surface area contributed by atoms with E-state index >= 15 is 0 Å². The molecule has 0 unspecified atom stereocenters. The van der Waals surface area contributed by atoms with Crippen LogP contribution in [0.15, 0.2) is 18.3 Å². The first-order valence-corrected chi connectivity index (χ1v) is 6.57. The summed E-state index contributed by atoms with van der Waals surface area (Å²) in [6.45, 7) is 4.46. The van der Waals surface area contributed by atoms with Crippen molar-refractivity contribution < 1.29 is 5.11 Å². The molecule has 0 amide bonds. The minimum absolute atomic E-state index is 0.342. The number of thiocarbonyl (C=S) groups is 1. The largest absolute Gasteiger partial charge is 0.390 e. The smallest absolute Gasteiger partial charge is 0.123 e. The predicted molar refractivity (Wildman–Crippen MR) is 75.3 cm³/mol. The van der Waals surface area contributed by atoms with Gasteiger partial charge in [0.15, 0.2) is 0 Å². The third-order valence-electron chi connectivity index (χ3n) is 3.45. The van der Waals surface area contributed by atoms with Crippen LogP contribution in [-0.2, 0) is 6.54 Å². The first-order valence-electron chi connectivity index (χ1n) is 6.16. The Morgan fingerprint density at radius 3 is 2.83 bits per heavy atom. The molecule has 1 aromatic rings. The summed E-state index contributed by atoms with van der Waals surface area (Å²) < 4.78 is 0. The fraction of sp³-hybridized carbons (Fsp3) is 0.538. The number of piperidine rings is 1. The zero-order valence-corrected chi connectivity index (χ0v) is 11.4. The van der Waals surface area contributed by atoms with E-state index in [-0.39, 0.29) is 0 Å². The summed E-state index contributed by atoms with van der Waals surface area (Å²) in [5.74, 6) is 0. The number of aliphatic hydroxyl groups is 1. The molecule has 5 heteroatoms. The average molecular weight is 265 g/mol. The Morgan fingerprint density at radius 1 is 1.56 bits per heavy atom. The molecule has 1 aliphatic heterocycles. The lowest BCUT2D eigenvalue weighted by atomic mass is 9.93. The van der Waals surface area contributed by atoms with E-state index in [0.29, 0.717) is 10.7 Å². The van der Waals surface area contributed by atoms with Crippen LogP contribution >= 0.6 is 12.2 Å². The summed E-state index contributed by atoms with van der Waals surface area (Å²) in [6, 6.07) is 3.91. The highest BCUT2D eigenvalue weighted by Crippen LogP contribution is 2.22. The summed E-state index contributed by atoms with van der Waals surface area (Å²) in [5.41, 5.74) is 6.93. The summed E-state index contributed by atoms with van der Waals surface area (Å²) in [4.78, 5) is 6.87. The van der Waals surface area contributed by atoms with Crippen molar-refractivity contribution in [1.82, 2.24) is 9.88 Å². The fourth-order valence-corrected chi connectivity index (χ4v) is 2.41. The van der Waals surface area contributed by atoms with Crippen LogP contribution in [0.1, 0.15) is 31.0 Å². The molecule has 0 bridgehead atoms. The number of nitrogens with two attached hydrogens (primary N) is 1. The van der Waals surface area contributed by atoms with E-state index in [0.717, 1.165) is 38.0 Å². The Morgan fingerprint density at radius 2 is 2.22 bits per heavy atom. The van der Waals surface area contributed by atoms with Gasteiger partial charge in [0.25, 0.3) is 0 Å². The summed E-state index contributed by atoms with van der Waals surface area (Å²) in [5, 5.41) is 9.92.